The van der Waals surface area contributed by atoms with Gasteiger partial charge in [-0.3, -0.25) is 10.1 Å². The van der Waals surface area contributed by atoms with E-state index in [4.69, 9.17) is 0 Å². The van der Waals surface area contributed by atoms with Gasteiger partial charge in [0, 0.05) is 6.07 Å². The third-order valence-corrected chi connectivity index (χ3v) is 3.16. The molecule has 80 valence electrons. The van der Waals surface area contributed by atoms with E-state index >= 15 is 0 Å². The maximum absolute atomic E-state index is 10.8. The van der Waals surface area contributed by atoms with Crippen LogP contribution in [0.2, 0.25) is 0 Å². The van der Waals surface area contributed by atoms with Crippen molar-refractivity contribution in [2.75, 3.05) is 0 Å². The summed E-state index contributed by atoms with van der Waals surface area (Å²) in [6.45, 7) is 0. The fraction of sp³-hybridized carbons (Fsp3) is 0. The highest BCUT2D eigenvalue weighted by Crippen LogP contribution is 2.27. The lowest BCUT2D eigenvalue weighted by molar-refractivity contribution is -0.385. The highest BCUT2D eigenvalue weighted by atomic mass is 127. The molecule has 0 fully saturated rings. The number of rotatable bonds is 2. The van der Waals surface area contributed by atoms with Gasteiger partial charge in [0.15, 0.2) is 0 Å². The molecule has 0 aliphatic carbocycles. The van der Waals surface area contributed by atoms with Gasteiger partial charge in [0.2, 0.25) is 0 Å². The van der Waals surface area contributed by atoms with Crippen LogP contribution in [-0.2, 0) is 0 Å². The molecule has 2 rings (SSSR count). The monoisotopic (exact) mass is 325 g/mol. The molecule has 0 aromatic heterocycles. The van der Waals surface area contributed by atoms with Crippen LogP contribution in [0.1, 0.15) is 0 Å². The summed E-state index contributed by atoms with van der Waals surface area (Å²) in [5.41, 5.74) is 2.01. The fourth-order valence-electron chi connectivity index (χ4n) is 1.46. The molecular weight excluding hydrogens is 317 g/mol. The van der Waals surface area contributed by atoms with Crippen molar-refractivity contribution in [3.05, 3.63) is 62.2 Å². The molecule has 0 saturated carbocycles. The van der Waals surface area contributed by atoms with Gasteiger partial charge in [-0.15, -0.1) is 0 Å². The van der Waals surface area contributed by atoms with Crippen LogP contribution in [0.15, 0.2) is 48.5 Å². The molecule has 0 bridgehead atoms. The lowest BCUT2D eigenvalue weighted by Crippen LogP contribution is -1.91. The first-order chi connectivity index (χ1) is 7.68. The second-order valence-corrected chi connectivity index (χ2v) is 4.45. The predicted molar refractivity (Wildman–Crippen MR) is 71.2 cm³/mol. The highest BCUT2D eigenvalue weighted by Gasteiger charge is 2.12. The molecule has 16 heavy (non-hydrogen) atoms. The summed E-state index contributed by atoms with van der Waals surface area (Å²) in [5, 5.41) is 10.8. The molecule has 0 unspecified atom stereocenters. The first kappa shape index (κ1) is 11.1. The van der Waals surface area contributed by atoms with E-state index in [0.29, 0.717) is 3.57 Å². The number of hydrogen-bond acceptors (Lipinski definition) is 2. The lowest BCUT2D eigenvalue weighted by Gasteiger charge is -2.02. The van der Waals surface area contributed by atoms with Crippen LogP contribution in [0.25, 0.3) is 11.1 Å². The van der Waals surface area contributed by atoms with Gasteiger partial charge in [-0.1, -0.05) is 36.4 Å². The Morgan fingerprint density at radius 3 is 2.31 bits per heavy atom. The molecule has 0 amide bonds. The number of hydrogen-bond donors (Lipinski definition) is 0. The third-order valence-electron chi connectivity index (χ3n) is 2.25. The van der Waals surface area contributed by atoms with Crippen LogP contribution in [-0.4, -0.2) is 4.92 Å². The van der Waals surface area contributed by atoms with Crippen LogP contribution in [0.5, 0.6) is 0 Å². The standard InChI is InChI=1S/C12H8INO2/c13-11-7-6-10(8-12(11)14(15)16)9-4-2-1-3-5-9/h1-8H. The Kier molecular flexibility index (Phi) is 3.19. The van der Waals surface area contributed by atoms with Gasteiger partial charge in [0.25, 0.3) is 5.69 Å². The van der Waals surface area contributed by atoms with E-state index in [2.05, 4.69) is 0 Å². The normalized spacial score (nSPS) is 10.1. The Balaban J connectivity index is 2.52. The molecule has 3 nitrogen and oxygen atoms in total. The van der Waals surface area contributed by atoms with Gasteiger partial charge >= 0.3 is 0 Å². The molecule has 2 aromatic rings. The van der Waals surface area contributed by atoms with Crippen molar-refractivity contribution in [3.8, 4) is 11.1 Å². The first-order valence-electron chi connectivity index (χ1n) is 4.68. The van der Waals surface area contributed by atoms with E-state index in [1.54, 1.807) is 12.1 Å². The molecular formula is C12H8INO2. The molecule has 0 aliphatic rings. The van der Waals surface area contributed by atoms with Crippen LogP contribution in [0, 0.1) is 13.7 Å². The van der Waals surface area contributed by atoms with Crippen molar-refractivity contribution in [1.29, 1.82) is 0 Å². The smallest absolute Gasteiger partial charge is 0.258 e. The van der Waals surface area contributed by atoms with Gasteiger partial charge in [-0.05, 0) is 39.8 Å². The minimum absolute atomic E-state index is 0.155. The second-order valence-electron chi connectivity index (χ2n) is 3.29. The highest BCUT2D eigenvalue weighted by molar-refractivity contribution is 14.1. The molecule has 0 aliphatic heterocycles. The largest absolute Gasteiger partial charge is 0.283 e. The van der Waals surface area contributed by atoms with Gasteiger partial charge < -0.3 is 0 Å². The minimum atomic E-state index is -0.353. The summed E-state index contributed by atoms with van der Waals surface area (Å²) in [7, 11) is 0. The van der Waals surface area contributed by atoms with Crippen LogP contribution in [0.4, 0.5) is 5.69 Å². The average molecular weight is 325 g/mol. The molecule has 0 spiro atoms. The predicted octanol–water partition coefficient (Wildman–Crippen LogP) is 3.87. The van der Waals surface area contributed by atoms with E-state index in [1.165, 1.54) is 0 Å². The summed E-state index contributed by atoms with van der Waals surface area (Å²) in [4.78, 5) is 10.5. The SMILES string of the molecule is O=[N+]([O-])c1cc(-c2ccccc2)ccc1I. The molecule has 0 atom stereocenters. The topological polar surface area (TPSA) is 43.1 Å². The van der Waals surface area contributed by atoms with Crippen molar-refractivity contribution < 1.29 is 4.92 Å². The second kappa shape index (κ2) is 4.61. The van der Waals surface area contributed by atoms with E-state index in [-0.39, 0.29) is 10.6 Å². The molecule has 4 heteroatoms. The molecule has 0 radical (unpaired) electrons. The zero-order valence-electron chi connectivity index (χ0n) is 8.26. The van der Waals surface area contributed by atoms with E-state index in [1.807, 2.05) is 59.0 Å². The number of nitro benzene ring substituents is 1. The summed E-state index contributed by atoms with van der Waals surface area (Å²) >= 11 is 1.97. The van der Waals surface area contributed by atoms with Gasteiger partial charge in [0.05, 0.1) is 8.49 Å². The van der Waals surface area contributed by atoms with Crippen molar-refractivity contribution in [3.63, 3.8) is 0 Å². The Bertz CT molecular complexity index is 526. The lowest BCUT2D eigenvalue weighted by atomic mass is 10.1. The summed E-state index contributed by atoms with van der Waals surface area (Å²) in [6.07, 6.45) is 0. The Morgan fingerprint density at radius 1 is 1.00 bits per heavy atom. The van der Waals surface area contributed by atoms with Gasteiger partial charge in [0.1, 0.15) is 0 Å². The maximum Gasteiger partial charge on any atom is 0.283 e. The molecule has 0 saturated heterocycles. The summed E-state index contributed by atoms with van der Waals surface area (Å²) in [5.74, 6) is 0. The molecule has 0 heterocycles. The van der Waals surface area contributed by atoms with E-state index in [9.17, 15) is 10.1 Å². The van der Waals surface area contributed by atoms with Crippen molar-refractivity contribution in [1.82, 2.24) is 0 Å². The number of halogens is 1. The maximum atomic E-state index is 10.8. The fourth-order valence-corrected chi connectivity index (χ4v) is 2.00. The van der Waals surface area contributed by atoms with Crippen LogP contribution in [0.3, 0.4) is 0 Å². The Morgan fingerprint density at radius 2 is 1.69 bits per heavy atom. The number of nitrogens with zero attached hydrogens (tertiary/aromatic N) is 1. The zero-order valence-corrected chi connectivity index (χ0v) is 10.4. The van der Waals surface area contributed by atoms with Crippen molar-refractivity contribution in [2.45, 2.75) is 0 Å². The minimum Gasteiger partial charge on any atom is -0.258 e. The summed E-state index contributed by atoms with van der Waals surface area (Å²) in [6, 6.07) is 14.9. The summed E-state index contributed by atoms with van der Waals surface area (Å²) < 4.78 is 0.655. The van der Waals surface area contributed by atoms with Crippen molar-refractivity contribution in [2.24, 2.45) is 0 Å². The number of benzene rings is 2. The van der Waals surface area contributed by atoms with Crippen LogP contribution < -0.4 is 0 Å². The van der Waals surface area contributed by atoms with E-state index < -0.39 is 0 Å². The molecule has 2 aromatic carbocycles. The van der Waals surface area contributed by atoms with Gasteiger partial charge in [-0.2, -0.15) is 0 Å². The third kappa shape index (κ3) is 2.21. The van der Waals surface area contributed by atoms with E-state index in [0.717, 1.165) is 11.1 Å². The van der Waals surface area contributed by atoms with Gasteiger partial charge in [-0.25, -0.2) is 0 Å². The average Bonchev–Trinajstić information content (AvgIpc) is 2.30. The van der Waals surface area contributed by atoms with Crippen molar-refractivity contribution >= 4 is 28.3 Å². The Hall–Kier alpha value is -1.43. The Labute approximate surface area is 106 Å². The number of nitro groups is 1. The quantitative estimate of drug-likeness (QED) is 0.478. The molecule has 0 N–H and O–H groups in total. The van der Waals surface area contributed by atoms with Crippen LogP contribution >= 0.6 is 22.6 Å². The first-order valence-corrected chi connectivity index (χ1v) is 5.76. The zero-order chi connectivity index (χ0) is 11.5.